The predicted octanol–water partition coefficient (Wildman–Crippen LogP) is 3.62. The SMILES string of the molecule is NCc1ccc(Oc2ccc3ccccc3n2)c(F)c1. The molecule has 20 heavy (non-hydrogen) atoms. The highest BCUT2D eigenvalue weighted by molar-refractivity contribution is 5.78. The van der Waals surface area contributed by atoms with Gasteiger partial charge in [0.05, 0.1) is 5.52 Å². The Bertz CT molecular complexity index is 758. The van der Waals surface area contributed by atoms with E-state index in [0.717, 1.165) is 16.5 Å². The zero-order chi connectivity index (χ0) is 13.9. The first-order valence-corrected chi connectivity index (χ1v) is 6.28. The van der Waals surface area contributed by atoms with Crippen molar-refractivity contribution in [3.8, 4) is 11.6 Å². The van der Waals surface area contributed by atoms with Crippen LogP contribution in [-0.4, -0.2) is 4.98 Å². The minimum atomic E-state index is -0.442. The average Bonchev–Trinajstić information content (AvgIpc) is 2.49. The van der Waals surface area contributed by atoms with Crippen molar-refractivity contribution in [2.24, 2.45) is 5.73 Å². The van der Waals surface area contributed by atoms with Crippen molar-refractivity contribution in [1.82, 2.24) is 4.98 Å². The van der Waals surface area contributed by atoms with Crippen molar-refractivity contribution in [2.45, 2.75) is 6.54 Å². The molecule has 1 heterocycles. The number of para-hydroxylation sites is 1. The Morgan fingerprint density at radius 2 is 1.90 bits per heavy atom. The first kappa shape index (κ1) is 12.6. The average molecular weight is 268 g/mol. The largest absolute Gasteiger partial charge is 0.436 e. The quantitative estimate of drug-likeness (QED) is 0.789. The lowest BCUT2D eigenvalue weighted by molar-refractivity contribution is 0.428. The summed E-state index contributed by atoms with van der Waals surface area (Å²) in [6.07, 6.45) is 0. The molecule has 1 aromatic heterocycles. The molecule has 0 unspecified atom stereocenters. The Morgan fingerprint density at radius 1 is 1.05 bits per heavy atom. The smallest absolute Gasteiger partial charge is 0.219 e. The maximum Gasteiger partial charge on any atom is 0.219 e. The molecule has 0 spiro atoms. The van der Waals surface area contributed by atoms with Gasteiger partial charge in [-0.05, 0) is 29.8 Å². The zero-order valence-electron chi connectivity index (χ0n) is 10.7. The minimum absolute atomic E-state index is 0.144. The molecule has 0 saturated heterocycles. The number of aromatic nitrogens is 1. The number of nitrogens with two attached hydrogens (primary N) is 1. The summed E-state index contributed by atoms with van der Waals surface area (Å²) in [6.45, 7) is 0.297. The van der Waals surface area contributed by atoms with E-state index in [9.17, 15) is 4.39 Å². The Morgan fingerprint density at radius 3 is 2.70 bits per heavy atom. The Labute approximate surface area is 115 Å². The lowest BCUT2D eigenvalue weighted by Gasteiger charge is -2.07. The van der Waals surface area contributed by atoms with Gasteiger partial charge in [0.2, 0.25) is 5.88 Å². The monoisotopic (exact) mass is 268 g/mol. The fourth-order valence-electron chi connectivity index (χ4n) is 1.97. The number of fused-ring (bicyclic) bond motifs is 1. The van der Waals surface area contributed by atoms with Crippen molar-refractivity contribution in [3.63, 3.8) is 0 Å². The van der Waals surface area contributed by atoms with E-state index in [4.69, 9.17) is 10.5 Å². The van der Waals surface area contributed by atoms with Crippen molar-refractivity contribution in [1.29, 1.82) is 0 Å². The van der Waals surface area contributed by atoms with Crippen LogP contribution in [0.4, 0.5) is 4.39 Å². The Balaban J connectivity index is 1.92. The molecule has 0 atom stereocenters. The molecule has 3 nitrogen and oxygen atoms in total. The van der Waals surface area contributed by atoms with Crippen LogP contribution in [0.1, 0.15) is 5.56 Å². The van der Waals surface area contributed by atoms with Crippen LogP contribution in [0.5, 0.6) is 11.6 Å². The molecule has 3 aromatic rings. The molecule has 0 saturated carbocycles. The lowest BCUT2D eigenvalue weighted by Crippen LogP contribution is -1.98. The Kier molecular flexibility index (Phi) is 3.31. The van der Waals surface area contributed by atoms with Crippen LogP contribution in [0.15, 0.2) is 54.6 Å². The first-order chi connectivity index (χ1) is 9.76. The van der Waals surface area contributed by atoms with Gasteiger partial charge in [-0.3, -0.25) is 0 Å². The van der Waals surface area contributed by atoms with E-state index < -0.39 is 5.82 Å². The van der Waals surface area contributed by atoms with Crippen molar-refractivity contribution < 1.29 is 9.13 Å². The summed E-state index contributed by atoms with van der Waals surface area (Å²) >= 11 is 0. The van der Waals surface area contributed by atoms with Gasteiger partial charge in [0, 0.05) is 18.0 Å². The summed E-state index contributed by atoms with van der Waals surface area (Å²) in [5.41, 5.74) is 7.00. The third kappa shape index (κ3) is 2.46. The third-order valence-electron chi connectivity index (χ3n) is 3.02. The van der Waals surface area contributed by atoms with Crippen LogP contribution >= 0.6 is 0 Å². The highest BCUT2D eigenvalue weighted by Gasteiger charge is 2.07. The molecule has 2 N–H and O–H groups in total. The molecule has 0 fully saturated rings. The van der Waals surface area contributed by atoms with Gasteiger partial charge in [-0.1, -0.05) is 24.3 Å². The summed E-state index contributed by atoms with van der Waals surface area (Å²) < 4.78 is 19.3. The fourth-order valence-corrected chi connectivity index (χ4v) is 1.97. The van der Waals surface area contributed by atoms with Gasteiger partial charge in [-0.2, -0.15) is 0 Å². The highest BCUT2D eigenvalue weighted by Crippen LogP contribution is 2.25. The fraction of sp³-hybridized carbons (Fsp3) is 0.0625. The summed E-state index contributed by atoms with van der Waals surface area (Å²) in [4.78, 5) is 4.34. The highest BCUT2D eigenvalue weighted by atomic mass is 19.1. The number of pyridine rings is 1. The number of hydrogen-bond donors (Lipinski definition) is 1. The van der Waals surface area contributed by atoms with E-state index in [0.29, 0.717) is 12.4 Å². The molecule has 4 heteroatoms. The maximum atomic E-state index is 13.8. The van der Waals surface area contributed by atoms with E-state index in [1.807, 2.05) is 30.3 Å². The standard InChI is InChI=1S/C16H13FN2O/c17-13-9-11(10-18)5-7-15(13)20-16-8-6-12-3-1-2-4-14(12)19-16/h1-9H,10,18H2. The molecule has 2 aromatic carbocycles. The molecule has 100 valence electrons. The van der Waals surface area contributed by atoms with Gasteiger partial charge in [0.1, 0.15) is 0 Å². The van der Waals surface area contributed by atoms with E-state index in [-0.39, 0.29) is 5.75 Å². The summed E-state index contributed by atoms with van der Waals surface area (Å²) in [6, 6.07) is 16.0. The second-order valence-corrected chi connectivity index (χ2v) is 4.41. The van der Waals surface area contributed by atoms with Crippen LogP contribution in [0.2, 0.25) is 0 Å². The number of halogens is 1. The van der Waals surface area contributed by atoms with Crippen LogP contribution in [0.3, 0.4) is 0 Å². The Hall–Kier alpha value is -2.46. The second-order valence-electron chi connectivity index (χ2n) is 4.41. The van der Waals surface area contributed by atoms with Gasteiger partial charge in [-0.25, -0.2) is 9.37 Å². The van der Waals surface area contributed by atoms with Gasteiger partial charge in [0.15, 0.2) is 11.6 Å². The predicted molar refractivity (Wildman–Crippen MR) is 76.1 cm³/mol. The molecule has 0 radical (unpaired) electrons. The number of nitrogens with zero attached hydrogens (tertiary/aromatic N) is 1. The maximum absolute atomic E-state index is 13.8. The first-order valence-electron chi connectivity index (χ1n) is 6.28. The molecular weight excluding hydrogens is 255 g/mol. The number of rotatable bonds is 3. The van der Waals surface area contributed by atoms with Crippen LogP contribution < -0.4 is 10.5 Å². The van der Waals surface area contributed by atoms with E-state index in [2.05, 4.69) is 4.98 Å². The van der Waals surface area contributed by atoms with Gasteiger partial charge in [0.25, 0.3) is 0 Å². The van der Waals surface area contributed by atoms with Crippen LogP contribution in [0.25, 0.3) is 10.9 Å². The van der Waals surface area contributed by atoms with Gasteiger partial charge < -0.3 is 10.5 Å². The second kappa shape index (κ2) is 5.27. The van der Waals surface area contributed by atoms with Crippen molar-refractivity contribution in [3.05, 3.63) is 66.0 Å². The molecule has 0 aliphatic carbocycles. The summed E-state index contributed by atoms with van der Waals surface area (Å²) in [7, 11) is 0. The van der Waals surface area contributed by atoms with E-state index in [1.54, 1.807) is 18.2 Å². The summed E-state index contributed by atoms with van der Waals surface area (Å²) in [5, 5.41) is 1.01. The molecule has 0 aliphatic rings. The normalized spacial score (nSPS) is 10.7. The topological polar surface area (TPSA) is 48.1 Å². The molecule has 0 bridgehead atoms. The van der Waals surface area contributed by atoms with Crippen molar-refractivity contribution in [2.75, 3.05) is 0 Å². The molecular formula is C16H13FN2O. The minimum Gasteiger partial charge on any atom is -0.436 e. The van der Waals surface area contributed by atoms with Crippen LogP contribution in [0, 0.1) is 5.82 Å². The van der Waals surface area contributed by atoms with E-state index >= 15 is 0 Å². The molecule has 3 rings (SSSR count). The summed E-state index contributed by atoms with van der Waals surface area (Å²) in [5.74, 6) is 0.0657. The van der Waals surface area contributed by atoms with Gasteiger partial charge >= 0.3 is 0 Å². The van der Waals surface area contributed by atoms with E-state index in [1.165, 1.54) is 6.07 Å². The van der Waals surface area contributed by atoms with Crippen LogP contribution in [-0.2, 0) is 6.54 Å². The molecule has 0 amide bonds. The number of ether oxygens (including phenoxy) is 1. The third-order valence-corrected chi connectivity index (χ3v) is 3.02. The number of hydrogen-bond acceptors (Lipinski definition) is 3. The molecule has 0 aliphatic heterocycles. The number of benzene rings is 2. The van der Waals surface area contributed by atoms with Gasteiger partial charge in [-0.15, -0.1) is 0 Å². The zero-order valence-corrected chi connectivity index (χ0v) is 10.7. The van der Waals surface area contributed by atoms with Crippen molar-refractivity contribution >= 4 is 10.9 Å². The lowest BCUT2D eigenvalue weighted by atomic mass is 10.2.